The van der Waals surface area contributed by atoms with Crippen LogP contribution >= 0.6 is 0 Å². The molecule has 120 valence electrons. The molecule has 0 aliphatic carbocycles. The number of benzene rings is 2. The highest BCUT2D eigenvalue weighted by molar-refractivity contribution is 6.04. The van der Waals surface area contributed by atoms with E-state index in [1.165, 1.54) is 24.6 Å². The highest BCUT2D eigenvalue weighted by Crippen LogP contribution is 2.27. The van der Waals surface area contributed by atoms with Gasteiger partial charge in [-0.15, -0.1) is 0 Å². The number of carbonyl (C=O) groups excluding carboxylic acids is 1. The minimum atomic E-state index is -1.03. The van der Waals surface area contributed by atoms with Crippen molar-refractivity contribution >= 4 is 17.3 Å². The molecule has 0 aromatic heterocycles. The van der Waals surface area contributed by atoms with Gasteiger partial charge < -0.3 is 10.2 Å². The molecular weight excluding hydrogens is 298 g/mol. The first-order chi connectivity index (χ1) is 11.0. The molecule has 0 spiro atoms. The lowest BCUT2D eigenvalue weighted by Gasteiger charge is -2.20. The van der Waals surface area contributed by atoms with Crippen LogP contribution in [0.3, 0.4) is 0 Å². The van der Waals surface area contributed by atoms with E-state index in [0.29, 0.717) is 5.69 Å². The van der Waals surface area contributed by atoms with E-state index in [1.54, 1.807) is 0 Å². The minimum Gasteiger partial charge on any atom is -0.371 e. The van der Waals surface area contributed by atoms with Crippen LogP contribution in [0.1, 0.15) is 28.8 Å². The van der Waals surface area contributed by atoms with E-state index in [1.807, 2.05) is 25.1 Å². The zero-order valence-electron chi connectivity index (χ0n) is 12.9. The number of anilines is 2. The Morgan fingerprint density at radius 1 is 1.04 bits per heavy atom. The van der Waals surface area contributed by atoms with E-state index < -0.39 is 17.5 Å². The smallest absolute Gasteiger partial charge is 0.255 e. The fourth-order valence-corrected chi connectivity index (χ4v) is 2.89. The zero-order chi connectivity index (χ0) is 16.4. The molecule has 0 radical (unpaired) electrons. The Labute approximate surface area is 133 Å². The van der Waals surface area contributed by atoms with Crippen LogP contribution in [-0.4, -0.2) is 19.0 Å². The number of aryl methyl sites for hydroxylation is 1. The molecule has 1 fully saturated rings. The monoisotopic (exact) mass is 316 g/mol. The molecule has 3 rings (SSSR count). The molecule has 2 aromatic carbocycles. The number of nitrogens with zero attached hydrogens (tertiary/aromatic N) is 1. The lowest BCUT2D eigenvalue weighted by atomic mass is 10.1. The van der Waals surface area contributed by atoms with Crippen molar-refractivity contribution in [2.24, 2.45) is 0 Å². The summed E-state index contributed by atoms with van der Waals surface area (Å²) in [7, 11) is 0. The molecular formula is C18H18F2N2O. The SMILES string of the molecule is Cc1cc(NC(=O)c2ccc(F)c(F)c2)ccc1N1CCCC1. The van der Waals surface area contributed by atoms with Crippen molar-refractivity contribution in [1.82, 2.24) is 0 Å². The summed E-state index contributed by atoms with van der Waals surface area (Å²) in [5.41, 5.74) is 2.98. The average Bonchev–Trinajstić information content (AvgIpc) is 3.04. The predicted molar refractivity (Wildman–Crippen MR) is 86.9 cm³/mol. The summed E-state index contributed by atoms with van der Waals surface area (Å²) in [5.74, 6) is -2.46. The van der Waals surface area contributed by atoms with Crippen molar-refractivity contribution in [2.75, 3.05) is 23.3 Å². The zero-order valence-corrected chi connectivity index (χ0v) is 12.9. The van der Waals surface area contributed by atoms with Gasteiger partial charge >= 0.3 is 0 Å². The van der Waals surface area contributed by atoms with E-state index >= 15 is 0 Å². The third kappa shape index (κ3) is 3.33. The first kappa shape index (κ1) is 15.5. The van der Waals surface area contributed by atoms with Crippen LogP contribution in [0.5, 0.6) is 0 Å². The lowest BCUT2D eigenvalue weighted by molar-refractivity contribution is 0.102. The second-order valence-corrected chi connectivity index (χ2v) is 5.78. The summed E-state index contributed by atoms with van der Waals surface area (Å²) in [5, 5.41) is 2.72. The Hall–Kier alpha value is -2.43. The van der Waals surface area contributed by atoms with Gasteiger partial charge in [-0.05, 0) is 61.7 Å². The lowest BCUT2D eigenvalue weighted by Crippen LogP contribution is -2.19. The maximum absolute atomic E-state index is 13.2. The van der Waals surface area contributed by atoms with Crippen molar-refractivity contribution in [2.45, 2.75) is 19.8 Å². The van der Waals surface area contributed by atoms with Crippen LogP contribution in [0.15, 0.2) is 36.4 Å². The van der Waals surface area contributed by atoms with Gasteiger partial charge in [0.05, 0.1) is 0 Å². The Bertz CT molecular complexity index is 740. The van der Waals surface area contributed by atoms with Crippen LogP contribution in [0, 0.1) is 18.6 Å². The molecule has 1 saturated heterocycles. The third-order valence-corrected chi connectivity index (χ3v) is 4.08. The van der Waals surface area contributed by atoms with Crippen molar-refractivity contribution in [1.29, 1.82) is 0 Å². The highest BCUT2D eigenvalue weighted by atomic mass is 19.2. The first-order valence-electron chi connectivity index (χ1n) is 7.66. The van der Waals surface area contributed by atoms with Crippen LogP contribution in [-0.2, 0) is 0 Å². The van der Waals surface area contributed by atoms with Gasteiger partial charge in [0.1, 0.15) is 0 Å². The van der Waals surface area contributed by atoms with Gasteiger partial charge in [-0.25, -0.2) is 8.78 Å². The third-order valence-electron chi connectivity index (χ3n) is 4.08. The molecule has 1 aliphatic heterocycles. The number of carbonyl (C=O) groups is 1. The second-order valence-electron chi connectivity index (χ2n) is 5.78. The van der Waals surface area contributed by atoms with E-state index in [9.17, 15) is 13.6 Å². The number of halogens is 2. The molecule has 0 bridgehead atoms. The van der Waals surface area contributed by atoms with Crippen molar-refractivity contribution in [3.05, 3.63) is 59.2 Å². The largest absolute Gasteiger partial charge is 0.371 e. The van der Waals surface area contributed by atoms with Crippen LogP contribution in [0.25, 0.3) is 0 Å². The van der Waals surface area contributed by atoms with E-state index in [-0.39, 0.29) is 5.56 Å². The van der Waals surface area contributed by atoms with Crippen molar-refractivity contribution in [3.8, 4) is 0 Å². The fraction of sp³-hybridized carbons (Fsp3) is 0.278. The van der Waals surface area contributed by atoms with Crippen LogP contribution in [0.4, 0.5) is 20.2 Å². The Morgan fingerprint density at radius 3 is 2.43 bits per heavy atom. The molecule has 0 atom stereocenters. The van der Waals surface area contributed by atoms with Gasteiger partial charge in [-0.2, -0.15) is 0 Å². The minimum absolute atomic E-state index is 0.0881. The summed E-state index contributed by atoms with van der Waals surface area (Å²) in [6.07, 6.45) is 2.40. The number of rotatable bonds is 3. The molecule has 3 nitrogen and oxygen atoms in total. The quantitative estimate of drug-likeness (QED) is 0.923. The number of nitrogens with one attached hydrogen (secondary N) is 1. The molecule has 1 N–H and O–H groups in total. The molecule has 2 aromatic rings. The average molecular weight is 316 g/mol. The van der Waals surface area contributed by atoms with Crippen molar-refractivity contribution in [3.63, 3.8) is 0 Å². The Morgan fingerprint density at radius 2 is 1.78 bits per heavy atom. The van der Waals surface area contributed by atoms with Crippen molar-refractivity contribution < 1.29 is 13.6 Å². The van der Waals surface area contributed by atoms with Gasteiger partial charge in [-0.1, -0.05) is 0 Å². The van der Waals surface area contributed by atoms with Gasteiger partial charge in [-0.3, -0.25) is 4.79 Å². The first-order valence-corrected chi connectivity index (χ1v) is 7.66. The molecule has 5 heteroatoms. The molecule has 0 unspecified atom stereocenters. The number of hydrogen-bond donors (Lipinski definition) is 1. The molecule has 1 aliphatic rings. The van der Waals surface area contributed by atoms with Gasteiger partial charge in [0.2, 0.25) is 0 Å². The maximum Gasteiger partial charge on any atom is 0.255 e. The summed E-state index contributed by atoms with van der Waals surface area (Å²) in [4.78, 5) is 14.4. The second kappa shape index (κ2) is 6.36. The predicted octanol–water partition coefficient (Wildman–Crippen LogP) is 4.13. The normalized spacial score (nSPS) is 14.1. The highest BCUT2D eigenvalue weighted by Gasteiger charge is 2.15. The Kier molecular flexibility index (Phi) is 4.28. The Balaban J connectivity index is 1.75. The summed E-state index contributed by atoms with van der Waals surface area (Å²) >= 11 is 0. The molecule has 23 heavy (non-hydrogen) atoms. The van der Waals surface area contributed by atoms with Gasteiger partial charge in [0, 0.05) is 30.0 Å². The van der Waals surface area contributed by atoms with Crippen LogP contribution in [0.2, 0.25) is 0 Å². The topological polar surface area (TPSA) is 32.3 Å². The van der Waals surface area contributed by atoms with Crippen LogP contribution < -0.4 is 10.2 Å². The molecule has 0 saturated carbocycles. The van der Waals surface area contributed by atoms with E-state index in [2.05, 4.69) is 10.2 Å². The molecule has 1 amide bonds. The molecule has 1 heterocycles. The van der Waals surface area contributed by atoms with E-state index in [4.69, 9.17) is 0 Å². The van der Waals surface area contributed by atoms with Gasteiger partial charge in [0.15, 0.2) is 11.6 Å². The fourth-order valence-electron chi connectivity index (χ4n) is 2.89. The standard InChI is InChI=1S/C18H18F2N2O/c1-12-10-14(5-7-17(12)22-8-2-3-9-22)21-18(23)13-4-6-15(19)16(20)11-13/h4-7,10-11H,2-3,8-9H2,1H3,(H,21,23). The summed E-state index contributed by atoms with van der Waals surface area (Å²) < 4.78 is 26.1. The summed E-state index contributed by atoms with van der Waals surface area (Å²) in [6, 6.07) is 8.83. The number of hydrogen-bond acceptors (Lipinski definition) is 2. The van der Waals surface area contributed by atoms with E-state index in [0.717, 1.165) is 30.8 Å². The van der Waals surface area contributed by atoms with Gasteiger partial charge in [0.25, 0.3) is 5.91 Å². The number of amides is 1. The maximum atomic E-state index is 13.2. The summed E-state index contributed by atoms with van der Waals surface area (Å²) in [6.45, 7) is 4.11.